The molecule has 1 N–H and O–H groups in total. The minimum Gasteiger partial charge on any atom is -0.311 e. The fourth-order valence-corrected chi connectivity index (χ4v) is 7.37. The Morgan fingerprint density at radius 2 is 1.30 bits per heavy atom. The molecule has 37 heavy (non-hydrogen) atoms. The van der Waals surface area contributed by atoms with Crippen molar-refractivity contribution >= 4 is 0 Å². The Bertz CT molecular complexity index is 547. The first-order valence-corrected chi connectivity index (χ1v) is 17.1. The van der Waals surface area contributed by atoms with Gasteiger partial charge < -0.3 is 15.1 Å². The summed E-state index contributed by atoms with van der Waals surface area (Å²) in [6.07, 6.45) is 23.9. The van der Waals surface area contributed by atoms with E-state index in [1.807, 2.05) is 0 Å². The highest BCUT2D eigenvalue weighted by molar-refractivity contribution is 4.94. The molecule has 4 nitrogen and oxygen atoms in total. The van der Waals surface area contributed by atoms with Gasteiger partial charge in [0.2, 0.25) is 0 Å². The highest BCUT2D eigenvalue weighted by atomic mass is 15.3. The molecule has 2 atom stereocenters. The maximum atomic E-state index is 3.93. The van der Waals surface area contributed by atoms with E-state index in [9.17, 15) is 0 Å². The first kappa shape index (κ1) is 31.4. The van der Waals surface area contributed by atoms with Gasteiger partial charge >= 0.3 is 0 Å². The fraction of sp³-hybridized carbons (Fsp3) is 1.00. The average Bonchev–Trinajstić information content (AvgIpc) is 2.89. The number of piperidine rings is 1. The SMILES string of the molecule is CCCCCCCC(C)NC1CC(N2CCN(CC3CCN(C(CC)CCCCCCC)CC3)CC2)C1. The summed E-state index contributed by atoms with van der Waals surface area (Å²) >= 11 is 0. The predicted octanol–water partition coefficient (Wildman–Crippen LogP) is 7.32. The molecule has 3 aliphatic rings. The molecule has 218 valence electrons. The summed E-state index contributed by atoms with van der Waals surface area (Å²) in [7, 11) is 0. The van der Waals surface area contributed by atoms with Crippen LogP contribution in [0.15, 0.2) is 0 Å². The smallest absolute Gasteiger partial charge is 0.0126 e. The van der Waals surface area contributed by atoms with Crippen molar-refractivity contribution in [2.75, 3.05) is 45.8 Å². The predicted molar refractivity (Wildman–Crippen MR) is 163 cm³/mol. The first-order valence-electron chi connectivity index (χ1n) is 17.1. The van der Waals surface area contributed by atoms with Gasteiger partial charge in [-0.1, -0.05) is 85.0 Å². The van der Waals surface area contributed by atoms with E-state index in [1.165, 1.54) is 155 Å². The van der Waals surface area contributed by atoms with Crippen LogP contribution in [0.2, 0.25) is 0 Å². The Kier molecular flexibility index (Phi) is 15.5. The molecule has 2 heterocycles. The number of piperazine rings is 1. The molecule has 0 amide bonds. The summed E-state index contributed by atoms with van der Waals surface area (Å²) in [6.45, 7) is 18.7. The lowest BCUT2D eigenvalue weighted by Crippen LogP contribution is -2.59. The van der Waals surface area contributed by atoms with Gasteiger partial charge in [0.1, 0.15) is 0 Å². The number of likely N-dealkylation sites (tertiary alicyclic amines) is 1. The number of nitrogens with zero attached hydrogens (tertiary/aromatic N) is 3. The van der Waals surface area contributed by atoms with Crippen molar-refractivity contribution in [2.24, 2.45) is 5.92 Å². The third kappa shape index (κ3) is 11.5. The largest absolute Gasteiger partial charge is 0.311 e. The van der Waals surface area contributed by atoms with E-state index in [-0.39, 0.29) is 0 Å². The Balaban J connectivity index is 1.21. The van der Waals surface area contributed by atoms with Crippen LogP contribution in [0, 0.1) is 5.92 Å². The number of unbranched alkanes of at least 4 members (excludes halogenated alkanes) is 8. The van der Waals surface area contributed by atoms with Crippen LogP contribution < -0.4 is 5.32 Å². The maximum Gasteiger partial charge on any atom is 0.0126 e. The molecule has 0 radical (unpaired) electrons. The van der Waals surface area contributed by atoms with Crippen molar-refractivity contribution in [2.45, 2.75) is 161 Å². The van der Waals surface area contributed by atoms with Gasteiger partial charge in [0.25, 0.3) is 0 Å². The van der Waals surface area contributed by atoms with Gasteiger partial charge in [-0.05, 0) is 70.9 Å². The quantitative estimate of drug-likeness (QED) is 0.181. The second-order valence-corrected chi connectivity index (χ2v) is 13.2. The highest BCUT2D eigenvalue weighted by Crippen LogP contribution is 2.28. The second kappa shape index (κ2) is 18.2. The summed E-state index contributed by atoms with van der Waals surface area (Å²) < 4.78 is 0. The Hall–Kier alpha value is -0.160. The van der Waals surface area contributed by atoms with E-state index in [1.54, 1.807) is 0 Å². The zero-order chi connectivity index (χ0) is 26.3. The molecule has 0 aromatic rings. The van der Waals surface area contributed by atoms with Crippen LogP contribution in [0.5, 0.6) is 0 Å². The normalized spacial score (nSPS) is 26.3. The van der Waals surface area contributed by atoms with Gasteiger partial charge in [0.05, 0.1) is 0 Å². The van der Waals surface area contributed by atoms with Crippen LogP contribution in [-0.2, 0) is 0 Å². The third-order valence-electron chi connectivity index (χ3n) is 10.1. The van der Waals surface area contributed by atoms with E-state index in [0.717, 1.165) is 24.0 Å². The number of nitrogens with one attached hydrogen (secondary N) is 1. The lowest BCUT2D eigenvalue weighted by molar-refractivity contribution is 0.0306. The lowest BCUT2D eigenvalue weighted by Gasteiger charge is -2.48. The minimum atomic E-state index is 0.703. The third-order valence-corrected chi connectivity index (χ3v) is 10.1. The molecular formula is C33H66N4. The Morgan fingerprint density at radius 1 is 0.703 bits per heavy atom. The van der Waals surface area contributed by atoms with E-state index in [4.69, 9.17) is 0 Å². The second-order valence-electron chi connectivity index (χ2n) is 13.2. The van der Waals surface area contributed by atoms with Gasteiger partial charge in [-0.15, -0.1) is 0 Å². The monoisotopic (exact) mass is 519 g/mol. The molecule has 0 bridgehead atoms. The van der Waals surface area contributed by atoms with Crippen molar-refractivity contribution in [3.05, 3.63) is 0 Å². The standard InChI is InChI=1S/C33H66N4/c1-5-8-10-12-14-16-29(4)34-31-26-33(27-31)37-24-22-35(23-25-37)28-30-18-20-36(21-19-30)32(7-3)17-15-13-11-9-6-2/h29-34H,5-28H2,1-4H3. The van der Waals surface area contributed by atoms with Crippen molar-refractivity contribution in [3.63, 3.8) is 0 Å². The minimum absolute atomic E-state index is 0.703. The van der Waals surface area contributed by atoms with Crippen LogP contribution in [0.25, 0.3) is 0 Å². The molecule has 0 spiro atoms. The molecular weight excluding hydrogens is 452 g/mol. The van der Waals surface area contributed by atoms with Crippen molar-refractivity contribution < 1.29 is 0 Å². The van der Waals surface area contributed by atoms with Gasteiger partial charge in [-0.25, -0.2) is 0 Å². The van der Waals surface area contributed by atoms with Crippen LogP contribution in [0.1, 0.15) is 137 Å². The van der Waals surface area contributed by atoms with Gasteiger partial charge in [-0.2, -0.15) is 0 Å². The lowest BCUT2D eigenvalue weighted by atomic mass is 9.84. The van der Waals surface area contributed by atoms with E-state index >= 15 is 0 Å². The van der Waals surface area contributed by atoms with Crippen LogP contribution in [0.4, 0.5) is 0 Å². The molecule has 3 fully saturated rings. The van der Waals surface area contributed by atoms with E-state index < -0.39 is 0 Å². The van der Waals surface area contributed by atoms with Gasteiger partial charge in [0, 0.05) is 56.9 Å². The Morgan fingerprint density at radius 3 is 1.89 bits per heavy atom. The summed E-state index contributed by atoms with van der Waals surface area (Å²) in [5.74, 6) is 0.936. The summed E-state index contributed by atoms with van der Waals surface area (Å²) in [5, 5.41) is 3.93. The van der Waals surface area contributed by atoms with Gasteiger partial charge in [0.15, 0.2) is 0 Å². The molecule has 2 saturated heterocycles. The molecule has 0 aromatic heterocycles. The van der Waals surface area contributed by atoms with E-state index in [2.05, 4.69) is 47.7 Å². The molecule has 1 saturated carbocycles. The van der Waals surface area contributed by atoms with Crippen molar-refractivity contribution in [1.82, 2.24) is 20.0 Å². The zero-order valence-corrected chi connectivity index (χ0v) is 25.7. The number of hydrogen-bond acceptors (Lipinski definition) is 4. The van der Waals surface area contributed by atoms with Crippen LogP contribution in [0.3, 0.4) is 0 Å². The van der Waals surface area contributed by atoms with Gasteiger partial charge in [-0.3, -0.25) is 4.90 Å². The topological polar surface area (TPSA) is 21.8 Å². The summed E-state index contributed by atoms with van der Waals surface area (Å²) in [4.78, 5) is 8.47. The average molecular weight is 519 g/mol. The zero-order valence-electron chi connectivity index (χ0n) is 25.7. The summed E-state index contributed by atoms with van der Waals surface area (Å²) in [6, 6.07) is 3.18. The maximum absolute atomic E-state index is 3.93. The van der Waals surface area contributed by atoms with E-state index in [0.29, 0.717) is 6.04 Å². The molecule has 0 aromatic carbocycles. The molecule has 1 aliphatic carbocycles. The number of rotatable bonds is 19. The molecule has 4 heteroatoms. The summed E-state index contributed by atoms with van der Waals surface area (Å²) in [5.41, 5.74) is 0. The first-order chi connectivity index (χ1) is 18.1. The Labute approximate surface area is 232 Å². The highest BCUT2D eigenvalue weighted by Gasteiger charge is 2.35. The fourth-order valence-electron chi connectivity index (χ4n) is 7.37. The van der Waals surface area contributed by atoms with Crippen molar-refractivity contribution in [1.29, 1.82) is 0 Å². The molecule has 3 rings (SSSR count). The van der Waals surface area contributed by atoms with Crippen LogP contribution in [-0.4, -0.2) is 84.7 Å². The van der Waals surface area contributed by atoms with Crippen LogP contribution >= 0.6 is 0 Å². The molecule has 2 unspecified atom stereocenters. The van der Waals surface area contributed by atoms with Crippen molar-refractivity contribution in [3.8, 4) is 0 Å². The molecule has 2 aliphatic heterocycles. The number of hydrogen-bond donors (Lipinski definition) is 1.